The lowest BCUT2D eigenvalue weighted by atomic mass is 10.1. The summed E-state index contributed by atoms with van der Waals surface area (Å²) < 4.78 is 18.2. The number of nitrogens with one attached hydrogen (secondary N) is 3. The fourth-order valence-electron chi connectivity index (χ4n) is 2.79. The van der Waals surface area contributed by atoms with E-state index in [9.17, 15) is 19.2 Å². The monoisotopic (exact) mass is 470 g/mol. The second-order valence-corrected chi connectivity index (χ2v) is 8.47. The van der Waals surface area contributed by atoms with E-state index in [1.807, 2.05) is 36.4 Å². The molecule has 0 fully saturated rings. The first-order chi connectivity index (χ1) is 16.5. The van der Waals surface area contributed by atoms with E-state index in [0.717, 1.165) is 11.1 Å². The Kier molecular flexibility index (Phi) is 9.45. The van der Waals surface area contributed by atoms with Gasteiger partial charge >= 0.3 is 12.1 Å². The molecule has 0 aliphatic carbocycles. The molecule has 2 aromatic carbocycles. The molecule has 2 rings (SSSR count). The van der Waals surface area contributed by atoms with Crippen LogP contribution in [0.25, 0.3) is 0 Å². The summed E-state index contributed by atoms with van der Waals surface area (Å²) in [5, 5.41) is 5.19. The number of benzene rings is 2. The first-order valence-corrected chi connectivity index (χ1v) is 10.8. The second-order valence-electron chi connectivity index (χ2n) is 8.47. The van der Waals surface area contributed by atoms with Gasteiger partial charge in [-0.2, -0.15) is 0 Å². The zero-order chi connectivity index (χ0) is 25.8. The van der Waals surface area contributed by atoms with Crippen LogP contribution in [-0.4, -0.2) is 48.6 Å². The van der Waals surface area contributed by atoms with Crippen molar-refractivity contribution in [2.75, 3.05) is 13.1 Å². The summed E-state index contributed by atoms with van der Waals surface area (Å²) in [7, 11) is 0. The van der Waals surface area contributed by atoms with E-state index in [1.165, 1.54) is 0 Å². The third-order valence-electron chi connectivity index (χ3n) is 4.30. The maximum absolute atomic E-state index is 12.6. The molecular formula is C25H31N3O6. The van der Waals surface area contributed by atoms with Gasteiger partial charge in [0.25, 0.3) is 0 Å². The van der Waals surface area contributed by atoms with E-state index in [4.69, 9.17) is 10.9 Å². The van der Waals surface area contributed by atoms with Crippen LogP contribution < -0.4 is 15.9 Å². The molecule has 0 heterocycles. The van der Waals surface area contributed by atoms with Gasteiger partial charge in [0.05, 0.1) is 6.54 Å². The number of carbonyl (C=O) groups excluding carboxylic acids is 4. The summed E-state index contributed by atoms with van der Waals surface area (Å²) in [6, 6.07) is 17.1. The first kappa shape index (κ1) is 24.8. The molecule has 0 saturated carbocycles. The lowest BCUT2D eigenvalue weighted by Gasteiger charge is -2.24. The van der Waals surface area contributed by atoms with Crippen LogP contribution in [0.15, 0.2) is 60.7 Å². The summed E-state index contributed by atoms with van der Waals surface area (Å²) >= 11 is 0. The minimum Gasteiger partial charge on any atom is -0.458 e. The topological polar surface area (TPSA) is 123 Å². The van der Waals surface area contributed by atoms with Crippen molar-refractivity contribution < 1.29 is 30.1 Å². The van der Waals surface area contributed by atoms with Crippen molar-refractivity contribution in [2.24, 2.45) is 0 Å². The van der Waals surface area contributed by atoms with E-state index in [-0.39, 0.29) is 13.0 Å². The Morgan fingerprint density at radius 2 is 1.47 bits per heavy atom. The van der Waals surface area contributed by atoms with E-state index in [2.05, 4.69) is 10.6 Å². The van der Waals surface area contributed by atoms with E-state index in [1.54, 1.807) is 45.0 Å². The standard InChI is InChI=1S/C25H31N3O6/c1-25(2,3)34-23(31)20(14-18-10-6-4-7-11-18)28-22(30)16-26-21(29)15-27-24(32)33-17-19-12-8-5-9-13-19/h4-13,20H,14-17H2,1-3H3,(H,26,29)(H,27,32)(H,28,30)/t20-/m0/s1/i/hD. The highest BCUT2D eigenvalue weighted by molar-refractivity contribution is 5.89. The second kappa shape index (κ2) is 13.0. The molecule has 0 bridgehead atoms. The Hall–Kier alpha value is -3.88. The highest BCUT2D eigenvalue weighted by Gasteiger charge is 2.27. The summed E-state index contributed by atoms with van der Waals surface area (Å²) in [5.74, 6) is -2.17. The van der Waals surface area contributed by atoms with Crippen molar-refractivity contribution in [3.63, 3.8) is 0 Å². The van der Waals surface area contributed by atoms with Crippen LogP contribution in [-0.2, 0) is 36.9 Å². The summed E-state index contributed by atoms with van der Waals surface area (Å²) in [6.45, 7) is 4.02. The highest BCUT2D eigenvalue weighted by atomic mass is 16.6. The third kappa shape index (κ3) is 10.6. The van der Waals surface area contributed by atoms with Crippen molar-refractivity contribution in [2.45, 2.75) is 45.4 Å². The number of hydrogen-bond acceptors (Lipinski definition) is 6. The van der Waals surface area contributed by atoms with Crippen LogP contribution in [0.4, 0.5) is 4.79 Å². The van der Waals surface area contributed by atoms with Crippen molar-refractivity contribution in [1.29, 1.82) is 0 Å². The molecule has 0 spiro atoms. The number of rotatable bonds is 10. The molecule has 0 unspecified atom stereocenters. The van der Waals surface area contributed by atoms with Crippen LogP contribution in [0.5, 0.6) is 0 Å². The summed E-state index contributed by atoms with van der Waals surface area (Å²) in [6.07, 6.45) is -0.643. The predicted molar refractivity (Wildman–Crippen MR) is 126 cm³/mol. The lowest BCUT2D eigenvalue weighted by molar-refractivity contribution is -0.158. The summed E-state index contributed by atoms with van der Waals surface area (Å²) in [5.41, 5.74) is 0.832. The van der Waals surface area contributed by atoms with Gasteiger partial charge in [0.2, 0.25) is 11.8 Å². The van der Waals surface area contributed by atoms with Crippen LogP contribution >= 0.6 is 0 Å². The van der Waals surface area contributed by atoms with Crippen LogP contribution in [0, 0.1) is 0 Å². The van der Waals surface area contributed by atoms with Crippen molar-refractivity contribution in [3.05, 3.63) is 71.8 Å². The molecular weight excluding hydrogens is 438 g/mol. The molecule has 34 heavy (non-hydrogen) atoms. The zero-order valence-corrected chi connectivity index (χ0v) is 19.6. The fourth-order valence-corrected chi connectivity index (χ4v) is 2.79. The molecule has 3 N–H and O–H groups in total. The molecule has 2 aromatic rings. The molecule has 0 radical (unpaired) electrons. The average molecular weight is 471 g/mol. The van der Waals surface area contributed by atoms with Gasteiger partial charge in [-0.1, -0.05) is 60.7 Å². The van der Waals surface area contributed by atoms with Crippen molar-refractivity contribution in [3.8, 4) is 0 Å². The van der Waals surface area contributed by atoms with E-state index >= 15 is 0 Å². The van der Waals surface area contributed by atoms with Crippen LogP contribution in [0.2, 0.25) is 1.41 Å². The Morgan fingerprint density at radius 3 is 2.06 bits per heavy atom. The van der Waals surface area contributed by atoms with E-state index in [0.29, 0.717) is 5.31 Å². The van der Waals surface area contributed by atoms with Gasteiger partial charge in [0.15, 0.2) is 1.41 Å². The smallest absolute Gasteiger partial charge is 0.407 e. The molecule has 1 atom stereocenters. The number of alkyl carbamates (subject to hydrolysis) is 1. The van der Waals surface area contributed by atoms with Crippen LogP contribution in [0.3, 0.4) is 0 Å². The van der Waals surface area contributed by atoms with E-state index < -0.39 is 48.6 Å². The largest absolute Gasteiger partial charge is 0.458 e. The molecule has 3 amide bonds. The predicted octanol–water partition coefficient (Wildman–Crippen LogP) is 2.10. The van der Waals surface area contributed by atoms with Gasteiger partial charge in [-0.25, -0.2) is 9.59 Å². The minimum absolute atomic E-state index is 0.0291. The maximum atomic E-state index is 12.6. The number of amides is 3. The third-order valence-corrected chi connectivity index (χ3v) is 4.30. The Bertz CT molecular complexity index is 995. The molecule has 0 aliphatic rings. The van der Waals surface area contributed by atoms with Gasteiger partial charge in [0, 0.05) is 6.42 Å². The molecule has 0 aromatic heterocycles. The number of ether oxygens (including phenoxy) is 2. The molecule has 182 valence electrons. The number of carbonyl (C=O) groups is 4. The SMILES string of the molecule is [2H]N(CC(=O)N[C@@H](Cc1ccccc1)C(=O)OC(C)(C)C)C(=O)CNC(=O)OCc1ccccc1. The quantitative estimate of drug-likeness (QED) is 0.457. The normalized spacial score (nSPS) is 12.0. The molecule has 0 saturated heterocycles. The lowest BCUT2D eigenvalue weighted by Crippen LogP contribution is -2.49. The van der Waals surface area contributed by atoms with Crippen molar-refractivity contribution >= 4 is 23.9 Å². The Balaban J connectivity index is 1.85. The van der Waals surface area contributed by atoms with Crippen LogP contribution in [0.1, 0.15) is 31.9 Å². The van der Waals surface area contributed by atoms with Crippen molar-refractivity contribution in [1.82, 2.24) is 15.9 Å². The Morgan fingerprint density at radius 1 is 0.882 bits per heavy atom. The highest BCUT2D eigenvalue weighted by Crippen LogP contribution is 2.11. The molecule has 0 aliphatic heterocycles. The van der Waals surface area contributed by atoms with Gasteiger partial charge in [0.1, 0.15) is 24.8 Å². The Labute approximate surface area is 200 Å². The first-order valence-electron chi connectivity index (χ1n) is 11.3. The maximum Gasteiger partial charge on any atom is 0.407 e. The van der Waals surface area contributed by atoms with Gasteiger partial charge in [-0.3, -0.25) is 9.59 Å². The number of hydrogen-bond donors (Lipinski definition) is 3. The van der Waals surface area contributed by atoms with Gasteiger partial charge < -0.3 is 25.4 Å². The minimum atomic E-state index is -1.00. The number of esters is 1. The summed E-state index contributed by atoms with van der Waals surface area (Å²) in [4.78, 5) is 49.0. The van der Waals surface area contributed by atoms with Gasteiger partial charge in [-0.15, -0.1) is 0 Å². The zero-order valence-electron chi connectivity index (χ0n) is 20.6. The fraction of sp³-hybridized carbons (Fsp3) is 0.360. The molecule has 9 heteroatoms. The molecule has 9 nitrogen and oxygen atoms in total. The van der Waals surface area contributed by atoms with Gasteiger partial charge in [-0.05, 0) is 31.9 Å². The average Bonchev–Trinajstić information content (AvgIpc) is 2.81.